The third-order valence-corrected chi connectivity index (χ3v) is 4.17. The summed E-state index contributed by atoms with van der Waals surface area (Å²) in [5.74, 6) is 0.530. The van der Waals surface area contributed by atoms with Gasteiger partial charge >= 0.3 is 0 Å². The molecule has 0 aliphatic rings. The summed E-state index contributed by atoms with van der Waals surface area (Å²) in [6.45, 7) is 8.00. The number of aromatic nitrogens is 3. The minimum Gasteiger partial charge on any atom is -0.297 e. The first-order valence-corrected chi connectivity index (χ1v) is 8.28. The highest BCUT2D eigenvalue weighted by Crippen LogP contribution is 2.29. The molecule has 4 nitrogen and oxygen atoms in total. The van der Waals surface area contributed by atoms with E-state index in [0.717, 1.165) is 17.9 Å². The number of carbonyl (C=O) groups excluding carboxylic acids is 1. The molecule has 0 saturated carbocycles. The van der Waals surface area contributed by atoms with E-state index >= 15 is 0 Å². The molecule has 0 spiro atoms. The first-order valence-electron chi connectivity index (χ1n) is 7.90. The summed E-state index contributed by atoms with van der Waals surface area (Å²) in [7, 11) is 0. The van der Waals surface area contributed by atoms with E-state index in [1.165, 1.54) is 11.9 Å². The monoisotopic (exact) mass is 333 g/mol. The third-order valence-electron chi connectivity index (χ3n) is 3.92. The number of hydrogen-bond donors (Lipinski definition) is 0. The van der Waals surface area contributed by atoms with Crippen LogP contribution in [0.3, 0.4) is 0 Å². The molecule has 5 heteroatoms. The zero-order valence-corrected chi connectivity index (χ0v) is 14.9. The number of benzene rings is 1. The highest BCUT2D eigenvalue weighted by molar-refractivity contribution is 6.30. The number of carbonyl (C=O) groups is 1. The van der Waals surface area contributed by atoms with E-state index in [1.54, 1.807) is 11.0 Å². The van der Waals surface area contributed by atoms with Gasteiger partial charge in [-0.2, -0.15) is 5.10 Å². The largest absolute Gasteiger partial charge is 0.297 e. The number of halogens is 1. The molecule has 0 bridgehead atoms. The van der Waals surface area contributed by atoms with Crippen molar-refractivity contribution in [1.82, 2.24) is 14.8 Å². The topological polar surface area (TPSA) is 47.8 Å². The lowest BCUT2D eigenvalue weighted by atomic mass is 9.82. The average molecular weight is 334 g/mol. The normalized spacial score (nSPS) is 14.5. The van der Waals surface area contributed by atoms with Crippen molar-refractivity contribution in [3.8, 4) is 0 Å². The van der Waals surface area contributed by atoms with Crippen molar-refractivity contribution in [3.63, 3.8) is 0 Å². The van der Waals surface area contributed by atoms with Crippen LogP contribution < -0.4 is 0 Å². The summed E-state index contributed by atoms with van der Waals surface area (Å²) >= 11 is 5.93. The van der Waals surface area contributed by atoms with Crippen LogP contribution in [0.2, 0.25) is 5.02 Å². The first-order chi connectivity index (χ1) is 10.8. The van der Waals surface area contributed by atoms with Crippen molar-refractivity contribution in [2.45, 2.75) is 46.6 Å². The van der Waals surface area contributed by atoms with Gasteiger partial charge in [-0.3, -0.25) is 4.79 Å². The summed E-state index contributed by atoms with van der Waals surface area (Å²) in [5.41, 5.74) is 0.818. The van der Waals surface area contributed by atoms with Crippen LogP contribution in [-0.2, 0) is 11.2 Å². The van der Waals surface area contributed by atoms with Gasteiger partial charge in [0.15, 0.2) is 5.78 Å². The second kappa shape index (κ2) is 7.26. The Hall–Kier alpha value is -1.68. The number of nitrogens with zero attached hydrogens (tertiary/aromatic N) is 3. The molecule has 124 valence electrons. The van der Waals surface area contributed by atoms with E-state index < -0.39 is 5.41 Å². The number of rotatable bonds is 6. The summed E-state index contributed by atoms with van der Waals surface area (Å²) < 4.78 is 1.69. The van der Waals surface area contributed by atoms with E-state index in [2.05, 4.69) is 17.0 Å². The molecule has 1 heterocycles. The predicted molar refractivity (Wildman–Crippen MR) is 92.5 cm³/mol. The summed E-state index contributed by atoms with van der Waals surface area (Å²) in [6.07, 6.45) is 4.75. The molecule has 1 aromatic heterocycles. The third kappa shape index (κ3) is 4.90. The molecule has 23 heavy (non-hydrogen) atoms. The van der Waals surface area contributed by atoms with Crippen LogP contribution in [0.4, 0.5) is 0 Å². The van der Waals surface area contributed by atoms with Crippen LogP contribution in [-0.4, -0.2) is 20.5 Å². The van der Waals surface area contributed by atoms with Gasteiger partial charge in [0.1, 0.15) is 18.7 Å². The zero-order valence-electron chi connectivity index (χ0n) is 14.2. The SMILES string of the molecule is CC(Cc1ccc(Cl)cc1)CC(C(=O)C(C)(C)C)n1cncn1. The maximum atomic E-state index is 12.8. The Morgan fingerprint density at radius 3 is 2.43 bits per heavy atom. The van der Waals surface area contributed by atoms with Gasteiger partial charge in [0, 0.05) is 10.4 Å². The number of Topliss-reactive ketones (excluding diaryl/α,β-unsaturated/α-hetero) is 1. The van der Waals surface area contributed by atoms with Gasteiger partial charge in [-0.1, -0.05) is 51.4 Å². The maximum Gasteiger partial charge on any atom is 0.162 e. The van der Waals surface area contributed by atoms with Gasteiger partial charge in [-0.25, -0.2) is 9.67 Å². The van der Waals surface area contributed by atoms with Crippen molar-refractivity contribution in [3.05, 3.63) is 47.5 Å². The van der Waals surface area contributed by atoms with Crippen molar-refractivity contribution < 1.29 is 4.79 Å². The lowest BCUT2D eigenvalue weighted by Crippen LogP contribution is -2.32. The smallest absolute Gasteiger partial charge is 0.162 e. The molecule has 1 aromatic carbocycles. The fraction of sp³-hybridized carbons (Fsp3) is 0.500. The molecule has 0 saturated heterocycles. The lowest BCUT2D eigenvalue weighted by molar-refractivity contribution is -0.130. The summed E-state index contributed by atoms with van der Waals surface area (Å²) in [6, 6.07) is 7.60. The Bertz CT molecular complexity index is 629. The molecule has 2 rings (SSSR count). The Labute approximate surface area is 142 Å². The van der Waals surface area contributed by atoms with E-state index in [9.17, 15) is 4.79 Å². The van der Waals surface area contributed by atoms with Gasteiger partial charge in [-0.05, 0) is 36.5 Å². The summed E-state index contributed by atoms with van der Waals surface area (Å²) in [4.78, 5) is 16.8. The van der Waals surface area contributed by atoms with Crippen LogP contribution in [0.15, 0.2) is 36.9 Å². The van der Waals surface area contributed by atoms with Crippen LogP contribution in [0, 0.1) is 11.3 Å². The van der Waals surface area contributed by atoms with Gasteiger partial charge in [0.2, 0.25) is 0 Å². The molecular formula is C18H24ClN3O. The van der Waals surface area contributed by atoms with Crippen molar-refractivity contribution in [2.75, 3.05) is 0 Å². The standard InChI is InChI=1S/C18H24ClN3O/c1-13(9-14-5-7-15(19)8-6-14)10-16(17(23)18(2,3)4)22-12-20-11-21-22/h5-8,11-13,16H,9-10H2,1-4H3. The minimum atomic E-state index is -0.406. The van der Waals surface area contributed by atoms with E-state index in [0.29, 0.717) is 5.92 Å². The van der Waals surface area contributed by atoms with E-state index in [4.69, 9.17) is 11.6 Å². The molecule has 0 amide bonds. The van der Waals surface area contributed by atoms with Crippen LogP contribution in [0.1, 0.15) is 45.7 Å². The molecule has 0 aliphatic carbocycles. The fourth-order valence-electron chi connectivity index (χ4n) is 2.70. The molecule has 0 N–H and O–H groups in total. The predicted octanol–water partition coefficient (Wildman–Crippen LogP) is 4.36. The minimum absolute atomic E-state index is 0.186. The van der Waals surface area contributed by atoms with Crippen molar-refractivity contribution in [1.29, 1.82) is 0 Å². The molecular weight excluding hydrogens is 310 g/mol. The van der Waals surface area contributed by atoms with Crippen molar-refractivity contribution >= 4 is 17.4 Å². The molecule has 2 unspecified atom stereocenters. The second-order valence-electron chi connectivity index (χ2n) is 7.18. The molecule has 2 aromatic rings. The molecule has 0 fully saturated rings. The summed E-state index contributed by atoms with van der Waals surface area (Å²) in [5, 5.41) is 4.93. The Kier molecular flexibility index (Phi) is 5.58. The molecule has 0 radical (unpaired) electrons. The van der Waals surface area contributed by atoms with Crippen LogP contribution in [0.5, 0.6) is 0 Å². The number of hydrogen-bond acceptors (Lipinski definition) is 3. The van der Waals surface area contributed by atoms with Gasteiger partial charge in [0.05, 0.1) is 0 Å². The average Bonchev–Trinajstić information content (AvgIpc) is 2.99. The van der Waals surface area contributed by atoms with E-state index in [1.807, 2.05) is 45.0 Å². The Morgan fingerprint density at radius 2 is 1.91 bits per heavy atom. The van der Waals surface area contributed by atoms with Gasteiger partial charge in [0.25, 0.3) is 0 Å². The second-order valence-corrected chi connectivity index (χ2v) is 7.61. The zero-order chi connectivity index (χ0) is 17.0. The Balaban J connectivity index is 2.11. The van der Waals surface area contributed by atoms with Crippen LogP contribution in [0.25, 0.3) is 0 Å². The molecule has 2 atom stereocenters. The fourth-order valence-corrected chi connectivity index (χ4v) is 2.83. The lowest BCUT2D eigenvalue weighted by Gasteiger charge is -2.26. The van der Waals surface area contributed by atoms with Crippen LogP contribution >= 0.6 is 11.6 Å². The number of ketones is 1. The quantitative estimate of drug-likeness (QED) is 0.789. The van der Waals surface area contributed by atoms with Gasteiger partial charge < -0.3 is 0 Å². The Morgan fingerprint density at radius 1 is 1.26 bits per heavy atom. The highest BCUT2D eigenvalue weighted by atomic mass is 35.5. The van der Waals surface area contributed by atoms with Gasteiger partial charge in [-0.15, -0.1) is 0 Å². The molecule has 0 aliphatic heterocycles. The maximum absolute atomic E-state index is 12.8. The van der Waals surface area contributed by atoms with E-state index in [-0.39, 0.29) is 11.8 Å². The highest BCUT2D eigenvalue weighted by Gasteiger charge is 2.32. The first kappa shape index (κ1) is 17.7. The van der Waals surface area contributed by atoms with Crippen molar-refractivity contribution in [2.24, 2.45) is 11.3 Å².